The number of nitrogens with zero attached hydrogens (tertiary/aromatic N) is 2. The molecule has 0 aromatic heterocycles. The van der Waals surface area contributed by atoms with Crippen molar-refractivity contribution >= 4 is 11.5 Å². The molecular formula is C7H15N3O2. The van der Waals surface area contributed by atoms with Crippen molar-refractivity contribution in [1.29, 1.82) is 0 Å². The molecule has 0 aliphatic heterocycles. The minimum Gasteiger partial charge on any atom is -0.411 e. The summed E-state index contributed by atoms with van der Waals surface area (Å²) in [6, 6.07) is 0. The predicted molar refractivity (Wildman–Crippen MR) is 47.0 cm³/mol. The Bertz CT molecular complexity index is 203. The number of oxime groups is 1. The lowest BCUT2D eigenvalue weighted by molar-refractivity contribution is 0.234. The molecule has 0 atom stereocenters. The predicted octanol–water partition coefficient (Wildman–Crippen LogP) is 1.01. The summed E-state index contributed by atoms with van der Waals surface area (Å²) in [5, 5.41) is 19.9. The number of hydroxylamine groups is 1. The number of amidine groups is 1. The normalized spacial score (nSPS) is 14.8. The fourth-order valence-electron chi connectivity index (χ4n) is 0.570. The van der Waals surface area contributed by atoms with Crippen molar-refractivity contribution in [2.45, 2.75) is 33.2 Å². The summed E-state index contributed by atoms with van der Waals surface area (Å²) in [5.41, 5.74) is 1.79. The van der Waals surface area contributed by atoms with Crippen molar-refractivity contribution in [3.63, 3.8) is 0 Å². The molecule has 0 radical (unpaired) electrons. The summed E-state index contributed by atoms with van der Waals surface area (Å²) in [5.74, 6) is 0.171. The summed E-state index contributed by atoms with van der Waals surface area (Å²) in [6.45, 7) is 7.15. The fraction of sp³-hybridized carbons (Fsp3) is 0.714. The first kappa shape index (κ1) is 10.9. The van der Waals surface area contributed by atoms with Crippen LogP contribution in [0.4, 0.5) is 0 Å². The largest absolute Gasteiger partial charge is 0.411 e. The van der Waals surface area contributed by atoms with E-state index in [4.69, 9.17) is 10.4 Å². The zero-order valence-electron chi connectivity index (χ0n) is 7.79. The summed E-state index contributed by atoms with van der Waals surface area (Å²) in [6.07, 6.45) is 0. The Labute approximate surface area is 71.8 Å². The quantitative estimate of drug-likeness (QED) is 0.240. The highest BCUT2D eigenvalue weighted by molar-refractivity contribution is 6.40. The Hall–Kier alpha value is -1.10. The van der Waals surface area contributed by atoms with Crippen molar-refractivity contribution in [3.05, 3.63) is 0 Å². The van der Waals surface area contributed by atoms with Gasteiger partial charge in [-0.05, 0) is 27.7 Å². The van der Waals surface area contributed by atoms with Crippen LogP contribution in [0.2, 0.25) is 0 Å². The molecule has 0 aromatic rings. The zero-order valence-corrected chi connectivity index (χ0v) is 7.79. The van der Waals surface area contributed by atoms with Crippen LogP contribution in [0.25, 0.3) is 0 Å². The molecule has 0 aliphatic carbocycles. The highest BCUT2D eigenvalue weighted by atomic mass is 16.5. The molecule has 0 aromatic carbocycles. The summed E-state index contributed by atoms with van der Waals surface area (Å²) < 4.78 is 0. The van der Waals surface area contributed by atoms with Gasteiger partial charge < -0.3 is 5.21 Å². The first-order chi connectivity index (χ1) is 5.40. The van der Waals surface area contributed by atoms with Crippen molar-refractivity contribution in [1.82, 2.24) is 5.48 Å². The molecule has 0 unspecified atom stereocenters. The van der Waals surface area contributed by atoms with Crippen LogP contribution in [0.5, 0.6) is 0 Å². The second-order valence-electron chi connectivity index (χ2n) is 3.43. The Morgan fingerprint density at radius 3 is 2.08 bits per heavy atom. The van der Waals surface area contributed by atoms with E-state index in [2.05, 4.69) is 10.1 Å². The summed E-state index contributed by atoms with van der Waals surface area (Å²) in [7, 11) is 0. The van der Waals surface area contributed by atoms with Crippen LogP contribution in [0.15, 0.2) is 10.1 Å². The van der Waals surface area contributed by atoms with Gasteiger partial charge in [0.2, 0.25) is 0 Å². The van der Waals surface area contributed by atoms with Crippen molar-refractivity contribution in [3.8, 4) is 0 Å². The molecule has 0 aliphatic rings. The molecule has 3 N–H and O–H groups in total. The van der Waals surface area contributed by atoms with Gasteiger partial charge in [-0.25, -0.2) is 0 Å². The molecule has 0 bridgehead atoms. The molecule has 0 amide bonds. The third kappa shape index (κ3) is 3.92. The van der Waals surface area contributed by atoms with Crippen molar-refractivity contribution in [2.75, 3.05) is 0 Å². The molecule has 5 heteroatoms. The Morgan fingerprint density at radius 1 is 1.33 bits per heavy atom. The molecule has 0 saturated heterocycles. The van der Waals surface area contributed by atoms with Gasteiger partial charge in [0, 0.05) is 0 Å². The third-order valence-corrected chi connectivity index (χ3v) is 1.05. The average molecular weight is 173 g/mol. The van der Waals surface area contributed by atoms with E-state index in [1.54, 1.807) is 0 Å². The monoisotopic (exact) mass is 173 g/mol. The number of aliphatic imine (C=N–C) groups is 1. The number of rotatable bonds is 1. The number of hydrogen-bond acceptors (Lipinski definition) is 4. The van der Waals surface area contributed by atoms with Crippen LogP contribution in [0.1, 0.15) is 27.7 Å². The van der Waals surface area contributed by atoms with Gasteiger partial charge in [0.15, 0.2) is 5.84 Å². The second-order valence-corrected chi connectivity index (χ2v) is 3.43. The standard InChI is InChI=1S/C7H15N3O2/c1-5(9-11)6(10-12)8-7(2,3)4/h11-12H,1-4H3,(H,8,10)/b9-5-. The van der Waals surface area contributed by atoms with Crippen LogP contribution >= 0.6 is 0 Å². The molecule has 0 rings (SSSR count). The van der Waals surface area contributed by atoms with Crippen LogP contribution in [0.3, 0.4) is 0 Å². The van der Waals surface area contributed by atoms with Crippen LogP contribution in [-0.4, -0.2) is 27.5 Å². The minimum atomic E-state index is -0.322. The third-order valence-electron chi connectivity index (χ3n) is 1.05. The maximum Gasteiger partial charge on any atom is 0.170 e. The minimum absolute atomic E-state index is 0.171. The van der Waals surface area contributed by atoms with Crippen LogP contribution in [-0.2, 0) is 0 Å². The summed E-state index contributed by atoms with van der Waals surface area (Å²) in [4.78, 5) is 4.06. The number of hydrogen-bond donors (Lipinski definition) is 3. The van der Waals surface area contributed by atoms with Crippen molar-refractivity contribution in [2.24, 2.45) is 10.1 Å². The molecule has 0 spiro atoms. The van der Waals surface area contributed by atoms with Gasteiger partial charge in [-0.1, -0.05) is 5.16 Å². The SMILES string of the molecule is C/C(=N/O)C(=NC(C)(C)C)NO. The van der Waals surface area contributed by atoms with E-state index in [0.717, 1.165) is 0 Å². The Balaban J connectivity index is 4.67. The van der Waals surface area contributed by atoms with E-state index in [9.17, 15) is 0 Å². The van der Waals surface area contributed by atoms with Gasteiger partial charge in [0.25, 0.3) is 0 Å². The highest BCUT2D eigenvalue weighted by Gasteiger charge is 2.11. The second kappa shape index (κ2) is 4.06. The fourth-order valence-corrected chi connectivity index (χ4v) is 0.570. The summed E-state index contributed by atoms with van der Waals surface area (Å²) >= 11 is 0. The van der Waals surface area contributed by atoms with Gasteiger partial charge >= 0.3 is 0 Å². The van der Waals surface area contributed by atoms with Crippen molar-refractivity contribution < 1.29 is 10.4 Å². The van der Waals surface area contributed by atoms with Crippen LogP contribution < -0.4 is 5.48 Å². The highest BCUT2D eigenvalue weighted by Crippen LogP contribution is 2.06. The first-order valence-corrected chi connectivity index (χ1v) is 3.59. The maximum atomic E-state index is 8.62. The average Bonchev–Trinajstić information content (AvgIpc) is 1.97. The first-order valence-electron chi connectivity index (χ1n) is 3.59. The number of nitrogens with one attached hydrogen (secondary N) is 1. The molecule has 0 fully saturated rings. The van der Waals surface area contributed by atoms with Gasteiger partial charge in [0.1, 0.15) is 5.71 Å². The molecule has 0 saturated carbocycles. The lowest BCUT2D eigenvalue weighted by Crippen LogP contribution is -2.30. The molecule has 12 heavy (non-hydrogen) atoms. The van der Waals surface area contributed by atoms with Gasteiger partial charge in [-0.15, -0.1) is 0 Å². The van der Waals surface area contributed by atoms with E-state index in [-0.39, 0.29) is 17.1 Å². The molecule has 0 heterocycles. The molecule has 5 nitrogen and oxygen atoms in total. The van der Waals surface area contributed by atoms with E-state index in [0.29, 0.717) is 0 Å². The molecular weight excluding hydrogens is 158 g/mol. The topological polar surface area (TPSA) is 77.2 Å². The lowest BCUT2D eigenvalue weighted by atomic mass is 10.1. The lowest BCUT2D eigenvalue weighted by Gasteiger charge is -2.14. The van der Waals surface area contributed by atoms with Crippen LogP contribution in [0, 0.1) is 0 Å². The van der Waals surface area contributed by atoms with E-state index in [1.165, 1.54) is 6.92 Å². The van der Waals surface area contributed by atoms with Gasteiger partial charge in [-0.2, -0.15) is 0 Å². The maximum absolute atomic E-state index is 8.62. The smallest absolute Gasteiger partial charge is 0.170 e. The Kier molecular flexibility index (Phi) is 3.69. The zero-order chi connectivity index (χ0) is 9.78. The van der Waals surface area contributed by atoms with Gasteiger partial charge in [0.05, 0.1) is 5.54 Å². The van der Waals surface area contributed by atoms with E-state index in [1.807, 2.05) is 26.3 Å². The van der Waals surface area contributed by atoms with Gasteiger partial charge in [-0.3, -0.25) is 15.7 Å². The van der Waals surface area contributed by atoms with E-state index >= 15 is 0 Å². The Morgan fingerprint density at radius 2 is 1.83 bits per heavy atom. The molecule has 70 valence electrons. The van der Waals surface area contributed by atoms with E-state index < -0.39 is 0 Å².